The number of carboxylic acid groups (broad SMARTS) is 1. The summed E-state index contributed by atoms with van der Waals surface area (Å²) in [5, 5.41) is 20.5. The van der Waals surface area contributed by atoms with E-state index in [0.717, 1.165) is 46.8 Å². The minimum absolute atomic E-state index is 0.0868. The summed E-state index contributed by atoms with van der Waals surface area (Å²) in [6, 6.07) is 9.57. The monoisotopic (exact) mass is 911 g/mol. The number of aliphatic carboxylic acids is 1. The van der Waals surface area contributed by atoms with Crippen molar-refractivity contribution in [2.24, 2.45) is 0 Å². The summed E-state index contributed by atoms with van der Waals surface area (Å²) < 4.78 is 84.7. The van der Waals surface area contributed by atoms with E-state index < -0.39 is 47.8 Å². The summed E-state index contributed by atoms with van der Waals surface area (Å²) in [6.07, 6.45) is 18.8. The van der Waals surface area contributed by atoms with Crippen molar-refractivity contribution in [1.29, 1.82) is 0 Å². The second kappa shape index (κ2) is 25.0. The number of aliphatic hydroxyl groups is 1. The van der Waals surface area contributed by atoms with Crippen molar-refractivity contribution >= 4 is 69.2 Å². The third-order valence-electron chi connectivity index (χ3n) is 10.4. The van der Waals surface area contributed by atoms with Crippen LogP contribution in [-0.4, -0.2) is 102 Å². The maximum Gasteiger partial charge on any atom is 0.303 e. The zero-order valence-corrected chi connectivity index (χ0v) is 38.9. The van der Waals surface area contributed by atoms with Crippen LogP contribution in [0.4, 0.5) is 11.4 Å². The second-order valence-electron chi connectivity index (χ2n) is 14.7. The molecular formula is C43H64N2O11PS3+. The third kappa shape index (κ3) is 14.9. The van der Waals surface area contributed by atoms with Gasteiger partial charge in [-0.1, -0.05) is 50.4 Å². The molecule has 2 heterocycles. The van der Waals surface area contributed by atoms with Crippen molar-refractivity contribution in [3.05, 3.63) is 95.8 Å². The van der Waals surface area contributed by atoms with Crippen molar-refractivity contribution in [1.82, 2.24) is 0 Å². The van der Waals surface area contributed by atoms with Crippen LogP contribution in [0.2, 0.25) is 0 Å². The predicted molar refractivity (Wildman–Crippen MR) is 248 cm³/mol. The third-order valence-corrected chi connectivity index (χ3v) is 12.9. The number of carboxylic acids is 1. The highest BCUT2D eigenvalue weighted by Crippen LogP contribution is 2.47. The van der Waals surface area contributed by atoms with Gasteiger partial charge in [0.05, 0.1) is 15.2 Å². The minimum atomic E-state index is -4.44. The molecule has 0 saturated heterocycles. The topological polar surface area (TPSA) is 211 Å². The molecule has 4 rings (SSSR count). The molecule has 2 aromatic rings. The molecule has 0 amide bonds. The molecule has 2 aromatic carbocycles. The van der Waals surface area contributed by atoms with Gasteiger partial charge in [-0.25, -0.2) is 8.42 Å². The van der Waals surface area contributed by atoms with E-state index in [9.17, 15) is 35.3 Å². The van der Waals surface area contributed by atoms with Crippen molar-refractivity contribution in [3.8, 4) is 0 Å². The van der Waals surface area contributed by atoms with Crippen LogP contribution >= 0.6 is 9.24 Å². The number of anilines is 1. The van der Waals surface area contributed by atoms with Crippen LogP contribution in [0.1, 0.15) is 89.7 Å². The number of carbonyl (C=O) groups is 1. The maximum atomic E-state index is 12.3. The van der Waals surface area contributed by atoms with Gasteiger partial charge < -0.3 is 29.4 Å². The average Bonchev–Trinajstić information content (AvgIpc) is 3.59. The fourth-order valence-electron chi connectivity index (χ4n) is 7.13. The fourth-order valence-corrected chi connectivity index (χ4v) is 8.61. The van der Waals surface area contributed by atoms with Gasteiger partial charge in [0.15, 0.2) is 16.8 Å². The molecule has 17 heteroatoms. The molecule has 0 aliphatic carbocycles. The Balaban J connectivity index is 0.00000164. The number of hydrogen-bond donors (Lipinski definition) is 6. The van der Waals surface area contributed by atoms with E-state index in [1.165, 1.54) is 12.1 Å². The molecule has 0 radical (unpaired) electrons. The summed E-state index contributed by atoms with van der Waals surface area (Å²) >= 11 is -1.94. The zero-order chi connectivity index (χ0) is 45.1. The molecule has 6 N–H and O–H groups in total. The molecule has 2 aliphatic rings. The number of allylic oxidation sites excluding steroid dienone is 8. The first-order chi connectivity index (χ1) is 28.3. The first-order valence-electron chi connectivity index (χ1n) is 19.8. The number of rotatable bonds is 21. The summed E-state index contributed by atoms with van der Waals surface area (Å²) in [6.45, 7) is 9.29. The van der Waals surface area contributed by atoms with E-state index in [0.29, 0.717) is 58.3 Å². The molecule has 13 nitrogen and oxygen atoms in total. The Kier molecular flexibility index (Phi) is 22.0. The SMILES string of the molecule is C=S(=O)(O)c1ccc2c(c1)C(C)(CCCS(=O)O)\C(=C/C=C/C=C/C=C/C1=[N+](CCCCCC(=O)O)c3ccc(S(=O)(=O)O)cc3C1(C)CCOC)N2.CCCCO.CP. The van der Waals surface area contributed by atoms with E-state index in [4.69, 9.17) is 14.9 Å². The second-order valence-corrected chi connectivity index (χ2v) is 18.9. The molecule has 0 spiro atoms. The smallest absolute Gasteiger partial charge is 0.303 e. The van der Waals surface area contributed by atoms with Gasteiger partial charge in [0.1, 0.15) is 16.3 Å². The highest BCUT2D eigenvalue weighted by atomic mass is 32.2. The van der Waals surface area contributed by atoms with Crippen LogP contribution in [0, 0.1) is 0 Å². The van der Waals surface area contributed by atoms with E-state index in [1.54, 1.807) is 31.4 Å². The summed E-state index contributed by atoms with van der Waals surface area (Å²) in [7, 11) is -3.87. The largest absolute Gasteiger partial charge is 0.481 e. The number of methoxy groups -OCH3 is 1. The van der Waals surface area contributed by atoms with Gasteiger partial charge in [0, 0.05) is 73.4 Å². The number of nitrogens with one attached hydrogen (secondary N) is 1. The van der Waals surface area contributed by atoms with Crippen molar-refractivity contribution in [3.63, 3.8) is 0 Å². The van der Waals surface area contributed by atoms with E-state index in [2.05, 4.69) is 31.9 Å². The van der Waals surface area contributed by atoms with Crippen molar-refractivity contribution in [2.75, 3.05) is 44.6 Å². The first-order valence-corrected chi connectivity index (χ1v) is 25.4. The van der Waals surface area contributed by atoms with Gasteiger partial charge in [0.2, 0.25) is 5.69 Å². The molecule has 0 bridgehead atoms. The van der Waals surface area contributed by atoms with Gasteiger partial charge in [0.25, 0.3) is 10.1 Å². The molecule has 5 atom stereocenters. The number of hydrogen-bond acceptors (Lipinski definition) is 8. The van der Waals surface area contributed by atoms with Crippen LogP contribution in [-0.2, 0) is 51.4 Å². The Morgan fingerprint density at radius 3 is 2.15 bits per heavy atom. The number of aliphatic hydroxyl groups excluding tert-OH is 1. The number of unbranched alkanes of at least 4 members (excludes halogenated alkanes) is 3. The Morgan fingerprint density at radius 2 is 1.57 bits per heavy atom. The lowest BCUT2D eigenvalue weighted by molar-refractivity contribution is -0.438. The molecule has 0 aromatic heterocycles. The Morgan fingerprint density at radius 1 is 0.917 bits per heavy atom. The minimum Gasteiger partial charge on any atom is -0.481 e. The molecule has 60 heavy (non-hydrogen) atoms. The summed E-state index contributed by atoms with van der Waals surface area (Å²) in [4.78, 5) is 11.0. The quantitative estimate of drug-likeness (QED) is 0.0135. The van der Waals surface area contributed by atoms with E-state index in [1.807, 2.05) is 63.0 Å². The highest BCUT2D eigenvalue weighted by molar-refractivity contribution is 7.95. The van der Waals surface area contributed by atoms with Crippen LogP contribution in [0.5, 0.6) is 0 Å². The van der Waals surface area contributed by atoms with E-state index >= 15 is 0 Å². The summed E-state index contributed by atoms with van der Waals surface area (Å²) in [5.41, 5.74) is 3.61. The van der Waals surface area contributed by atoms with Crippen LogP contribution in [0.15, 0.2) is 94.4 Å². The van der Waals surface area contributed by atoms with Crippen LogP contribution in [0.3, 0.4) is 0 Å². The normalized spacial score (nSPS) is 20.7. The molecular weight excluding hydrogens is 848 g/mol. The van der Waals surface area contributed by atoms with Gasteiger partial charge in [-0.2, -0.15) is 13.0 Å². The van der Waals surface area contributed by atoms with Crippen LogP contribution < -0.4 is 5.32 Å². The lowest BCUT2D eigenvalue weighted by atomic mass is 9.76. The Labute approximate surface area is 361 Å². The van der Waals surface area contributed by atoms with Gasteiger partial charge in [-0.05, 0) is 100 Å². The van der Waals surface area contributed by atoms with Gasteiger partial charge >= 0.3 is 5.97 Å². The molecule has 0 fully saturated rings. The lowest BCUT2D eigenvalue weighted by Gasteiger charge is -2.26. The number of ether oxygens (including phenoxy) is 1. The van der Waals surface area contributed by atoms with Crippen LogP contribution in [0.25, 0.3) is 0 Å². The number of nitrogens with zero attached hydrogens (tertiary/aromatic N) is 1. The molecule has 5 unspecified atom stereocenters. The standard InChI is InChI=1S/C38H48N2O10S3.C4H10O.CH5P/c1-37(21-13-25-51(43)44)30-26-28(52(4,45)46)17-19-32(30)39-34(37)14-9-6-5-7-10-15-35-38(2,22-24-50-3)31-27-29(53(47,48)49)18-20-33(31)40(35)23-12-8-11-16-36(41)42;1-2-3-4-5;1-2/h5-7,9-10,14-15,17-20,26-27H,4,8,11-13,16,21-25H2,1-3H3,(H4,41,42,43,44,45,46,47,48,49);5H,2-4H2,1H3;2H2,1H3/p+1. The Hall–Kier alpha value is -3.31. The summed E-state index contributed by atoms with van der Waals surface area (Å²) in [5.74, 6) is 2.66. The zero-order valence-electron chi connectivity index (χ0n) is 35.3. The molecule has 334 valence electrons. The molecule has 0 saturated carbocycles. The predicted octanol–water partition coefficient (Wildman–Crippen LogP) is 7.73. The van der Waals surface area contributed by atoms with E-state index in [-0.39, 0.29) is 22.0 Å². The highest BCUT2D eigenvalue weighted by Gasteiger charge is 2.48. The molecule has 2 aliphatic heterocycles. The number of fused-ring (bicyclic) bond motifs is 2. The van der Waals surface area contributed by atoms with Gasteiger partial charge in [-0.15, -0.1) is 9.24 Å². The number of benzene rings is 2. The van der Waals surface area contributed by atoms with Crippen molar-refractivity contribution in [2.45, 2.75) is 99.2 Å². The fraction of sp³-hybridized carbons (Fsp3) is 0.465. The lowest BCUT2D eigenvalue weighted by Crippen LogP contribution is -2.33. The first kappa shape index (κ1) is 52.8. The Bertz CT molecular complexity index is 2160. The average molecular weight is 912 g/mol. The van der Waals surface area contributed by atoms with Gasteiger partial charge in [-0.3, -0.25) is 9.35 Å². The van der Waals surface area contributed by atoms with Crippen molar-refractivity contribution < 1.29 is 54.8 Å². The maximum absolute atomic E-state index is 12.3.